The molecule has 7 nitrogen and oxygen atoms in total. The highest BCUT2D eigenvalue weighted by molar-refractivity contribution is 7.99. The van der Waals surface area contributed by atoms with Gasteiger partial charge in [0.15, 0.2) is 5.78 Å². The molecule has 0 atom stereocenters. The van der Waals surface area contributed by atoms with Crippen molar-refractivity contribution >= 4 is 46.6 Å². The molecule has 1 amide bonds. The van der Waals surface area contributed by atoms with Crippen molar-refractivity contribution in [2.45, 2.75) is 6.42 Å². The summed E-state index contributed by atoms with van der Waals surface area (Å²) in [5.74, 6) is 2.45. The normalized spacial score (nSPS) is 13.3. The van der Waals surface area contributed by atoms with E-state index in [9.17, 15) is 9.59 Å². The summed E-state index contributed by atoms with van der Waals surface area (Å²) in [7, 11) is 1.52. The first-order valence-electron chi connectivity index (χ1n) is 11.1. The minimum Gasteiger partial charge on any atom is -0.497 e. The van der Waals surface area contributed by atoms with Gasteiger partial charge in [-0.1, -0.05) is 23.7 Å². The average Bonchev–Trinajstić information content (AvgIpc) is 2.90. The van der Waals surface area contributed by atoms with Crippen molar-refractivity contribution in [3.63, 3.8) is 0 Å². The Morgan fingerprint density at radius 1 is 1.09 bits per heavy atom. The third-order valence-electron chi connectivity index (χ3n) is 5.65. The number of amidine groups is 1. The second-order valence-corrected chi connectivity index (χ2v) is 9.62. The third-order valence-corrected chi connectivity index (χ3v) is 6.82. The topological polar surface area (TPSA) is 95.4 Å². The number of hydrogen-bond donors (Lipinski definition) is 2. The fourth-order valence-corrected chi connectivity index (χ4v) is 4.72. The number of carbonyl (C=O) groups is 2. The standard InChI is InChI=1S/C26H25ClN4O3S/c1-34-21-8-9-23(22(15-21)24(32)14-20-7-6-19(27)16-29-20)30-26(33)18-4-2-17(3-5-18)25(28)31-10-12-35-13-11-31/h2-9,15-16,28H,10-14H2,1H3,(H,30,33). The van der Waals surface area contributed by atoms with Gasteiger partial charge in [0.2, 0.25) is 0 Å². The second kappa shape index (κ2) is 11.4. The predicted molar refractivity (Wildman–Crippen MR) is 140 cm³/mol. The summed E-state index contributed by atoms with van der Waals surface area (Å²) < 4.78 is 5.28. The molecule has 0 unspecified atom stereocenters. The number of hydrogen-bond acceptors (Lipinski definition) is 6. The number of aromatic nitrogens is 1. The molecule has 180 valence electrons. The number of nitrogens with zero attached hydrogens (tertiary/aromatic N) is 2. The molecule has 1 fully saturated rings. The lowest BCUT2D eigenvalue weighted by atomic mass is 10.0. The maximum atomic E-state index is 13.1. The van der Waals surface area contributed by atoms with E-state index in [4.69, 9.17) is 21.7 Å². The van der Waals surface area contributed by atoms with Gasteiger partial charge in [-0.05, 0) is 42.5 Å². The predicted octanol–water partition coefficient (Wildman–Crippen LogP) is 4.80. The zero-order valence-electron chi connectivity index (χ0n) is 19.2. The Kier molecular flexibility index (Phi) is 8.05. The van der Waals surface area contributed by atoms with Gasteiger partial charge >= 0.3 is 0 Å². The van der Waals surface area contributed by atoms with Crippen LogP contribution in [-0.2, 0) is 6.42 Å². The summed E-state index contributed by atoms with van der Waals surface area (Å²) in [5, 5.41) is 11.8. The fourth-order valence-electron chi connectivity index (χ4n) is 3.70. The molecule has 0 saturated carbocycles. The van der Waals surface area contributed by atoms with E-state index in [1.165, 1.54) is 13.3 Å². The van der Waals surface area contributed by atoms with E-state index >= 15 is 0 Å². The van der Waals surface area contributed by atoms with Gasteiger partial charge in [-0.2, -0.15) is 11.8 Å². The number of halogens is 1. The number of Topliss-reactive ketones (excluding diaryl/α,β-unsaturated/α-hetero) is 1. The molecule has 0 aliphatic carbocycles. The molecule has 1 aliphatic heterocycles. The Bertz CT molecular complexity index is 1230. The van der Waals surface area contributed by atoms with Crippen molar-refractivity contribution in [1.29, 1.82) is 5.41 Å². The van der Waals surface area contributed by atoms with Crippen LogP contribution in [0.4, 0.5) is 5.69 Å². The van der Waals surface area contributed by atoms with E-state index in [1.54, 1.807) is 54.6 Å². The summed E-state index contributed by atoms with van der Waals surface area (Å²) in [6, 6.07) is 15.3. The molecule has 3 aromatic rings. The molecular formula is C26H25ClN4O3S. The number of nitrogens with one attached hydrogen (secondary N) is 2. The van der Waals surface area contributed by atoms with Gasteiger partial charge in [0, 0.05) is 53.2 Å². The molecule has 0 radical (unpaired) electrons. The van der Waals surface area contributed by atoms with Crippen molar-refractivity contribution in [1.82, 2.24) is 9.88 Å². The summed E-state index contributed by atoms with van der Waals surface area (Å²) >= 11 is 7.78. The van der Waals surface area contributed by atoms with E-state index in [0.29, 0.717) is 39.1 Å². The molecular weight excluding hydrogens is 484 g/mol. The van der Waals surface area contributed by atoms with Crippen LogP contribution in [-0.4, -0.2) is 59.1 Å². The van der Waals surface area contributed by atoms with Crippen molar-refractivity contribution in [3.05, 3.63) is 88.2 Å². The number of thioether (sulfide) groups is 1. The van der Waals surface area contributed by atoms with Crippen molar-refractivity contribution in [2.24, 2.45) is 0 Å². The van der Waals surface area contributed by atoms with Gasteiger partial charge in [-0.15, -0.1) is 0 Å². The third kappa shape index (κ3) is 6.21. The number of rotatable bonds is 7. The minimum atomic E-state index is -0.346. The molecule has 1 saturated heterocycles. The highest BCUT2D eigenvalue weighted by Crippen LogP contribution is 2.25. The number of benzene rings is 2. The van der Waals surface area contributed by atoms with Gasteiger partial charge in [0.05, 0.1) is 24.2 Å². The molecule has 35 heavy (non-hydrogen) atoms. The second-order valence-electron chi connectivity index (χ2n) is 7.96. The number of anilines is 1. The van der Waals surface area contributed by atoms with E-state index in [0.717, 1.165) is 30.2 Å². The van der Waals surface area contributed by atoms with Gasteiger partial charge in [0.1, 0.15) is 11.6 Å². The number of pyridine rings is 1. The molecule has 9 heteroatoms. The first-order valence-corrected chi connectivity index (χ1v) is 12.6. The first-order chi connectivity index (χ1) is 16.9. The van der Waals surface area contributed by atoms with Crippen LogP contribution in [0, 0.1) is 5.41 Å². The van der Waals surface area contributed by atoms with E-state index in [2.05, 4.69) is 15.2 Å². The highest BCUT2D eigenvalue weighted by Gasteiger charge is 2.18. The van der Waals surface area contributed by atoms with Crippen LogP contribution < -0.4 is 10.1 Å². The Morgan fingerprint density at radius 2 is 1.80 bits per heavy atom. The largest absolute Gasteiger partial charge is 0.497 e. The van der Waals surface area contributed by atoms with Crippen LogP contribution in [0.5, 0.6) is 5.75 Å². The molecule has 2 aromatic carbocycles. The van der Waals surface area contributed by atoms with Gasteiger partial charge in [0.25, 0.3) is 5.91 Å². The van der Waals surface area contributed by atoms with Gasteiger partial charge < -0.3 is 15.0 Å². The molecule has 1 aromatic heterocycles. The Hall–Kier alpha value is -3.36. The van der Waals surface area contributed by atoms with Crippen LogP contribution >= 0.6 is 23.4 Å². The summed E-state index contributed by atoms with van der Waals surface area (Å²) in [4.78, 5) is 32.3. The Balaban J connectivity index is 1.49. The van der Waals surface area contributed by atoms with E-state index in [1.807, 2.05) is 11.8 Å². The lowest BCUT2D eigenvalue weighted by Crippen LogP contribution is -2.37. The Morgan fingerprint density at radius 3 is 2.46 bits per heavy atom. The van der Waals surface area contributed by atoms with Gasteiger partial charge in [-0.3, -0.25) is 20.0 Å². The quantitative estimate of drug-likeness (QED) is 0.270. The molecule has 0 bridgehead atoms. The Labute approximate surface area is 213 Å². The van der Waals surface area contributed by atoms with Crippen LogP contribution in [0.15, 0.2) is 60.8 Å². The number of carbonyl (C=O) groups excluding carboxylic acids is 2. The fraction of sp³-hybridized carbons (Fsp3) is 0.231. The van der Waals surface area contributed by atoms with Crippen LogP contribution in [0.2, 0.25) is 5.02 Å². The van der Waals surface area contributed by atoms with E-state index in [-0.39, 0.29) is 18.1 Å². The lowest BCUT2D eigenvalue weighted by molar-refractivity contribution is 0.0992. The molecule has 0 spiro atoms. The number of methoxy groups -OCH3 is 1. The number of ether oxygens (including phenoxy) is 1. The monoisotopic (exact) mass is 508 g/mol. The highest BCUT2D eigenvalue weighted by atomic mass is 35.5. The maximum absolute atomic E-state index is 13.1. The molecule has 2 heterocycles. The maximum Gasteiger partial charge on any atom is 0.255 e. The van der Waals surface area contributed by atoms with Crippen molar-refractivity contribution in [2.75, 3.05) is 37.0 Å². The van der Waals surface area contributed by atoms with Crippen LogP contribution in [0.1, 0.15) is 32.0 Å². The summed E-state index contributed by atoms with van der Waals surface area (Å²) in [6.45, 7) is 1.71. The van der Waals surface area contributed by atoms with Gasteiger partial charge in [-0.25, -0.2) is 0 Å². The first kappa shape index (κ1) is 24.8. The van der Waals surface area contributed by atoms with Crippen LogP contribution in [0.3, 0.4) is 0 Å². The molecule has 2 N–H and O–H groups in total. The molecule has 1 aliphatic rings. The van der Waals surface area contributed by atoms with Crippen molar-refractivity contribution < 1.29 is 14.3 Å². The number of ketones is 1. The zero-order valence-corrected chi connectivity index (χ0v) is 20.8. The average molecular weight is 509 g/mol. The lowest BCUT2D eigenvalue weighted by Gasteiger charge is -2.28. The zero-order chi connectivity index (χ0) is 24.8. The van der Waals surface area contributed by atoms with E-state index < -0.39 is 0 Å². The molecule has 4 rings (SSSR count). The van der Waals surface area contributed by atoms with Crippen LogP contribution in [0.25, 0.3) is 0 Å². The number of amides is 1. The SMILES string of the molecule is COc1ccc(NC(=O)c2ccc(C(=N)N3CCSCC3)cc2)c(C(=O)Cc2ccc(Cl)cn2)c1. The smallest absolute Gasteiger partial charge is 0.255 e. The van der Waals surface area contributed by atoms with Crippen molar-refractivity contribution in [3.8, 4) is 5.75 Å². The minimum absolute atomic E-state index is 0.0546. The summed E-state index contributed by atoms with van der Waals surface area (Å²) in [5.41, 5.74) is 2.49. The summed E-state index contributed by atoms with van der Waals surface area (Å²) in [6.07, 6.45) is 1.55.